The average molecular weight is 237 g/mol. The largest absolute Gasteiger partial charge is 0.460 e. The number of nitrogens with one attached hydrogen (secondary N) is 1. The van der Waals surface area contributed by atoms with Gasteiger partial charge in [-0.25, -0.2) is 0 Å². The van der Waals surface area contributed by atoms with Crippen LogP contribution in [-0.4, -0.2) is 24.7 Å². The van der Waals surface area contributed by atoms with Gasteiger partial charge in [0, 0.05) is 0 Å². The lowest BCUT2D eigenvalue weighted by Crippen LogP contribution is -2.67. The molecule has 0 aromatic rings. The third-order valence-electron chi connectivity index (χ3n) is 4.56. The first-order valence-corrected chi connectivity index (χ1v) is 6.77. The first-order chi connectivity index (χ1) is 7.83. The molecule has 3 heteroatoms. The molecule has 0 unspecified atom stereocenters. The molecular formula is C14H23NO2. The van der Waals surface area contributed by atoms with Gasteiger partial charge in [0.15, 0.2) is 0 Å². The second kappa shape index (κ2) is 3.25. The molecule has 0 aromatic heterocycles. The fraction of sp³-hybridized carbons (Fsp3) is 0.929. The van der Waals surface area contributed by atoms with Gasteiger partial charge in [-0.1, -0.05) is 0 Å². The third kappa shape index (κ3) is 1.79. The molecule has 0 amide bonds. The van der Waals surface area contributed by atoms with E-state index >= 15 is 0 Å². The zero-order chi connectivity index (χ0) is 12.3. The Hall–Kier alpha value is -0.570. The van der Waals surface area contributed by atoms with Crippen molar-refractivity contribution < 1.29 is 9.53 Å². The van der Waals surface area contributed by atoms with Crippen molar-refractivity contribution in [1.82, 2.24) is 5.32 Å². The molecule has 1 N–H and O–H groups in total. The topological polar surface area (TPSA) is 38.3 Å². The van der Waals surface area contributed by atoms with Crippen molar-refractivity contribution in [1.29, 1.82) is 0 Å². The molecule has 17 heavy (non-hydrogen) atoms. The van der Waals surface area contributed by atoms with Crippen molar-refractivity contribution >= 4 is 5.97 Å². The second-order valence-electron chi connectivity index (χ2n) is 7.54. The summed E-state index contributed by atoms with van der Waals surface area (Å²) in [6, 6.07) is 0. The minimum Gasteiger partial charge on any atom is -0.460 e. The van der Waals surface area contributed by atoms with Crippen LogP contribution in [0.1, 0.15) is 46.5 Å². The predicted octanol–water partition coefficient (Wildman–Crippen LogP) is 2.11. The van der Waals surface area contributed by atoms with Crippen molar-refractivity contribution in [2.45, 2.75) is 52.1 Å². The van der Waals surface area contributed by atoms with Crippen LogP contribution < -0.4 is 5.32 Å². The normalized spacial score (nSPS) is 39.9. The standard InChI is InChI=1S/C14H23NO2/c1-12(2,3)17-11(16)14-7-13(8-14,9-14)4-10-5-15-6-10/h10,15H,4-9H2,1-3H3. The highest BCUT2D eigenvalue weighted by Gasteiger charge is 2.72. The van der Waals surface area contributed by atoms with Crippen LogP contribution in [0.3, 0.4) is 0 Å². The van der Waals surface area contributed by atoms with E-state index in [1.165, 1.54) is 19.5 Å². The highest BCUT2D eigenvalue weighted by Crippen LogP contribution is 2.76. The molecule has 3 nitrogen and oxygen atoms in total. The zero-order valence-corrected chi connectivity index (χ0v) is 11.1. The van der Waals surface area contributed by atoms with Crippen LogP contribution in [0.25, 0.3) is 0 Å². The van der Waals surface area contributed by atoms with E-state index in [1.54, 1.807) is 0 Å². The van der Waals surface area contributed by atoms with Gasteiger partial charge in [-0.3, -0.25) is 4.79 Å². The van der Waals surface area contributed by atoms with E-state index in [0.717, 1.165) is 25.2 Å². The van der Waals surface area contributed by atoms with Crippen LogP contribution in [0.15, 0.2) is 0 Å². The second-order valence-corrected chi connectivity index (χ2v) is 7.54. The Labute approximate surface area is 103 Å². The summed E-state index contributed by atoms with van der Waals surface area (Å²) in [4.78, 5) is 12.1. The molecule has 0 spiro atoms. The number of carbonyl (C=O) groups excluding carboxylic acids is 1. The molecule has 3 saturated carbocycles. The predicted molar refractivity (Wildman–Crippen MR) is 65.5 cm³/mol. The van der Waals surface area contributed by atoms with Crippen molar-refractivity contribution in [3.8, 4) is 0 Å². The summed E-state index contributed by atoms with van der Waals surface area (Å²) in [6.45, 7) is 8.22. The molecule has 1 heterocycles. The minimum atomic E-state index is -0.336. The van der Waals surface area contributed by atoms with Gasteiger partial charge in [0.05, 0.1) is 5.41 Å². The molecule has 4 fully saturated rings. The lowest BCUT2D eigenvalue weighted by atomic mass is 9.33. The molecule has 2 bridgehead atoms. The van der Waals surface area contributed by atoms with Crippen molar-refractivity contribution in [3.05, 3.63) is 0 Å². The zero-order valence-electron chi connectivity index (χ0n) is 11.1. The van der Waals surface area contributed by atoms with Gasteiger partial charge in [0.2, 0.25) is 0 Å². The fourth-order valence-corrected chi connectivity index (χ4v) is 3.92. The van der Waals surface area contributed by atoms with Crippen LogP contribution in [0, 0.1) is 16.7 Å². The molecule has 1 aliphatic heterocycles. The summed E-state index contributed by atoms with van der Waals surface area (Å²) in [6.07, 6.45) is 4.59. The molecule has 0 aromatic carbocycles. The van der Waals surface area contributed by atoms with Crippen molar-refractivity contribution in [2.75, 3.05) is 13.1 Å². The Bertz CT molecular complexity index is 332. The number of hydrogen-bond acceptors (Lipinski definition) is 3. The van der Waals surface area contributed by atoms with Gasteiger partial charge in [0.25, 0.3) is 0 Å². The van der Waals surface area contributed by atoms with Crippen LogP contribution in [0.2, 0.25) is 0 Å². The molecule has 0 atom stereocenters. The fourth-order valence-electron chi connectivity index (χ4n) is 3.92. The highest BCUT2D eigenvalue weighted by molar-refractivity contribution is 5.81. The summed E-state index contributed by atoms with van der Waals surface area (Å²) in [5, 5.41) is 3.32. The van der Waals surface area contributed by atoms with Crippen LogP contribution >= 0.6 is 0 Å². The van der Waals surface area contributed by atoms with Gasteiger partial charge in [-0.05, 0) is 70.9 Å². The Morgan fingerprint density at radius 2 is 1.88 bits per heavy atom. The maximum absolute atomic E-state index is 12.1. The maximum atomic E-state index is 12.1. The minimum absolute atomic E-state index is 0.0543. The van der Waals surface area contributed by atoms with Gasteiger partial charge >= 0.3 is 5.97 Å². The van der Waals surface area contributed by atoms with Crippen LogP contribution in [0.4, 0.5) is 0 Å². The van der Waals surface area contributed by atoms with Gasteiger partial charge in [-0.15, -0.1) is 0 Å². The van der Waals surface area contributed by atoms with E-state index in [4.69, 9.17) is 4.74 Å². The van der Waals surface area contributed by atoms with E-state index in [1.807, 2.05) is 20.8 Å². The molecule has 0 radical (unpaired) electrons. The molecule has 1 saturated heterocycles. The number of rotatable bonds is 3. The number of hydrogen-bond donors (Lipinski definition) is 1. The van der Waals surface area contributed by atoms with Crippen LogP contribution in [-0.2, 0) is 9.53 Å². The number of carbonyl (C=O) groups is 1. The van der Waals surface area contributed by atoms with E-state index in [0.29, 0.717) is 5.41 Å². The first kappa shape index (κ1) is 11.5. The molecular weight excluding hydrogens is 214 g/mol. The maximum Gasteiger partial charge on any atom is 0.312 e. The quantitative estimate of drug-likeness (QED) is 0.764. The van der Waals surface area contributed by atoms with E-state index < -0.39 is 0 Å². The highest BCUT2D eigenvalue weighted by atomic mass is 16.6. The molecule has 96 valence electrons. The summed E-state index contributed by atoms with van der Waals surface area (Å²) in [5.74, 6) is 0.922. The summed E-state index contributed by atoms with van der Waals surface area (Å²) in [5.41, 5.74) is 0.103. The molecule has 4 rings (SSSR count). The molecule has 3 aliphatic carbocycles. The summed E-state index contributed by atoms with van der Waals surface area (Å²) < 4.78 is 5.52. The van der Waals surface area contributed by atoms with Crippen molar-refractivity contribution in [2.24, 2.45) is 16.7 Å². The monoisotopic (exact) mass is 237 g/mol. The lowest BCUT2D eigenvalue weighted by molar-refractivity contribution is -0.241. The SMILES string of the molecule is CC(C)(C)OC(=O)C12CC(CC3CNC3)(C1)C2. The van der Waals surface area contributed by atoms with Gasteiger partial charge in [0.1, 0.15) is 5.60 Å². The lowest BCUT2D eigenvalue weighted by Gasteiger charge is -2.70. The summed E-state index contributed by atoms with van der Waals surface area (Å²) in [7, 11) is 0. The smallest absolute Gasteiger partial charge is 0.312 e. The third-order valence-corrected chi connectivity index (χ3v) is 4.56. The van der Waals surface area contributed by atoms with E-state index in [-0.39, 0.29) is 17.0 Å². The Morgan fingerprint density at radius 3 is 2.29 bits per heavy atom. The Morgan fingerprint density at radius 1 is 1.29 bits per heavy atom. The number of esters is 1. The van der Waals surface area contributed by atoms with Crippen LogP contribution in [0.5, 0.6) is 0 Å². The van der Waals surface area contributed by atoms with E-state index in [9.17, 15) is 4.79 Å². The van der Waals surface area contributed by atoms with Crippen molar-refractivity contribution in [3.63, 3.8) is 0 Å². The van der Waals surface area contributed by atoms with E-state index in [2.05, 4.69) is 5.32 Å². The number of ether oxygens (including phenoxy) is 1. The molecule has 4 aliphatic rings. The summed E-state index contributed by atoms with van der Waals surface area (Å²) >= 11 is 0. The van der Waals surface area contributed by atoms with Gasteiger partial charge in [-0.2, -0.15) is 0 Å². The Kier molecular flexibility index (Phi) is 2.20. The van der Waals surface area contributed by atoms with Gasteiger partial charge < -0.3 is 10.1 Å². The Balaban J connectivity index is 1.51. The first-order valence-electron chi connectivity index (χ1n) is 6.77. The average Bonchev–Trinajstić information content (AvgIpc) is 1.91.